The van der Waals surface area contributed by atoms with Crippen LogP contribution in [-0.4, -0.2) is 50.5 Å². The number of rotatable bonds is 6. The van der Waals surface area contributed by atoms with Gasteiger partial charge >= 0.3 is 0 Å². The molecule has 4 heterocycles. The molecule has 13 heteroatoms. The number of aliphatic hydroxyl groups is 1. The Bertz CT molecular complexity index is 1950. The van der Waals surface area contributed by atoms with Crippen LogP contribution in [0.3, 0.4) is 0 Å². The maximum Gasteiger partial charge on any atom is 0.253 e. The molecule has 1 aliphatic heterocycles. The summed E-state index contributed by atoms with van der Waals surface area (Å²) < 4.78 is 16.4. The largest absolute Gasteiger partial charge is 0.390 e. The molecular weight excluding hydrogens is 648 g/mol. The number of aromatic nitrogens is 4. The van der Waals surface area contributed by atoms with E-state index in [0.29, 0.717) is 43.4 Å². The molecule has 3 aromatic heterocycles. The number of amides is 1. The van der Waals surface area contributed by atoms with E-state index in [1.54, 1.807) is 22.9 Å². The lowest BCUT2D eigenvalue weighted by molar-refractivity contribution is 0.0959. The first-order valence-corrected chi connectivity index (χ1v) is 15.9. The number of nitrogens with two attached hydrogens (primary N) is 1. The molecule has 1 saturated heterocycles. The molecule has 0 bridgehead atoms. The molecule has 2 aliphatic rings. The summed E-state index contributed by atoms with van der Waals surface area (Å²) in [4.78, 5) is 28.9. The molecule has 1 spiro atoms. The summed E-state index contributed by atoms with van der Waals surface area (Å²) in [6.45, 7) is 1.34. The number of nitrogens with zero attached hydrogens (tertiary/aromatic N) is 5. The SMILES string of the molecule is CNC(=O)c1ccc(-c2cn3ccc(Sc4cnc(N5CCC6(CC5)Cc5ccccc5[C@H]6N)c(CO)n4)c(Cl)c3n2)cc1F.Cl. The van der Waals surface area contributed by atoms with Gasteiger partial charge in [0.1, 0.15) is 16.5 Å². The summed E-state index contributed by atoms with van der Waals surface area (Å²) in [5.74, 6) is -0.441. The highest BCUT2D eigenvalue weighted by atomic mass is 35.5. The highest BCUT2D eigenvalue weighted by molar-refractivity contribution is 7.99. The van der Waals surface area contributed by atoms with Crippen molar-refractivity contribution in [3.05, 3.63) is 100 Å². The topological polar surface area (TPSA) is 122 Å². The van der Waals surface area contributed by atoms with Crippen LogP contribution in [0.25, 0.3) is 16.9 Å². The zero-order valence-corrected chi connectivity index (χ0v) is 27.3. The number of aliphatic hydroxyl groups excluding tert-OH is 1. The molecule has 0 radical (unpaired) electrons. The molecule has 2 aromatic carbocycles. The smallest absolute Gasteiger partial charge is 0.253 e. The van der Waals surface area contributed by atoms with Gasteiger partial charge in [-0.15, -0.1) is 12.4 Å². The average Bonchev–Trinajstić information content (AvgIpc) is 3.62. The van der Waals surface area contributed by atoms with Gasteiger partial charge in [-0.1, -0.05) is 53.7 Å². The maximum absolute atomic E-state index is 14.6. The minimum absolute atomic E-state index is 0. The third-order valence-electron chi connectivity index (χ3n) is 9.08. The van der Waals surface area contributed by atoms with E-state index >= 15 is 0 Å². The van der Waals surface area contributed by atoms with E-state index in [2.05, 4.69) is 39.5 Å². The highest BCUT2D eigenvalue weighted by Crippen LogP contribution is 2.51. The van der Waals surface area contributed by atoms with Crippen LogP contribution in [0.2, 0.25) is 5.02 Å². The van der Waals surface area contributed by atoms with Gasteiger partial charge in [-0.05, 0) is 54.0 Å². The fourth-order valence-electron chi connectivity index (χ4n) is 6.62. The van der Waals surface area contributed by atoms with Crippen molar-refractivity contribution in [2.75, 3.05) is 25.0 Å². The van der Waals surface area contributed by atoms with Crippen molar-refractivity contribution in [3.8, 4) is 11.3 Å². The Morgan fingerprint density at radius 2 is 1.98 bits per heavy atom. The summed E-state index contributed by atoms with van der Waals surface area (Å²) in [7, 11) is 1.45. The van der Waals surface area contributed by atoms with Gasteiger partial charge in [0.15, 0.2) is 11.5 Å². The molecule has 4 N–H and O–H groups in total. The van der Waals surface area contributed by atoms with Gasteiger partial charge in [-0.3, -0.25) is 4.79 Å². The van der Waals surface area contributed by atoms with Crippen molar-refractivity contribution in [1.29, 1.82) is 0 Å². The molecular formula is C33H32Cl2FN7O2S. The third kappa shape index (κ3) is 5.60. The molecule has 0 unspecified atom stereocenters. The Kier molecular flexibility index (Phi) is 8.97. The van der Waals surface area contributed by atoms with Crippen molar-refractivity contribution < 1.29 is 14.3 Å². The van der Waals surface area contributed by atoms with Gasteiger partial charge < -0.3 is 25.5 Å². The van der Waals surface area contributed by atoms with E-state index in [-0.39, 0.29) is 36.0 Å². The van der Waals surface area contributed by atoms with Gasteiger partial charge in [0.2, 0.25) is 0 Å². The normalized spacial score (nSPS) is 16.8. The molecule has 1 amide bonds. The number of anilines is 1. The number of nitrogens with one attached hydrogen (secondary N) is 1. The van der Waals surface area contributed by atoms with E-state index in [1.165, 1.54) is 42.1 Å². The number of fused-ring (bicyclic) bond motifs is 2. The Balaban J connectivity index is 0.00000372. The van der Waals surface area contributed by atoms with Crippen molar-refractivity contribution in [3.63, 3.8) is 0 Å². The molecule has 1 aliphatic carbocycles. The average molecular weight is 681 g/mol. The van der Waals surface area contributed by atoms with Crippen molar-refractivity contribution >= 4 is 53.1 Å². The number of carbonyl (C=O) groups excluding carboxylic acids is 1. The predicted octanol–water partition coefficient (Wildman–Crippen LogP) is 5.85. The van der Waals surface area contributed by atoms with Gasteiger partial charge in [0, 0.05) is 49.0 Å². The molecule has 7 rings (SSSR count). The second-order valence-electron chi connectivity index (χ2n) is 11.6. The lowest BCUT2D eigenvalue weighted by Gasteiger charge is -2.42. The predicted molar refractivity (Wildman–Crippen MR) is 179 cm³/mol. The minimum atomic E-state index is -0.635. The quantitative estimate of drug-likeness (QED) is 0.204. The van der Waals surface area contributed by atoms with Crippen LogP contribution in [0.4, 0.5) is 10.2 Å². The summed E-state index contributed by atoms with van der Waals surface area (Å²) in [6, 6.07) is 14.7. The van der Waals surface area contributed by atoms with Crippen LogP contribution < -0.4 is 16.0 Å². The molecule has 1 atom stereocenters. The number of pyridine rings is 1. The Hall–Kier alpha value is -3.74. The van der Waals surface area contributed by atoms with E-state index in [1.807, 2.05) is 12.3 Å². The number of halogens is 3. The zero-order chi connectivity index (χ0) is 31.3. The van der Waals surface area contributed by atoms with Crippen LogP contribution in [-0.2, 0) is 13.0 Å². The van der Waals surface area contributed by atoms with Gasteiger partial charge in [0.25, 0.3) is 5.91 Å². The van der Waals surface area contributed by atoms with E-state index in [9.17, 15) is 14.3 Å². The summed E-state index contributed by atoms with van der Waals surface area (Å²) in [5, 5.41) is 13.7. The van der Waals surface area contributed by atoms with Crippen LogP contribution in [0.5, 0.6) is 0 Å². The molecule has 5 aromatic rings. The zero-order valence-electron chi connectivity index (χ0n) is 24.9. The van der Waals surface area contributed by atoms with E-state index in [4.69, 9.17) is 27.3 Å². The lowest BCUT2D eigenvalue weighted by Crippen LogP contribution is -2.45. The second-order valence-corrected chi connectivity index (χ2v) is 13.0. The minimum Gasteiger partial charge on any atom is -0.390 e. The molecule has 9 nitrogen and oxygen atoms in total. The van der Waals surface area contributed by atoms with E-state index in [0.717, 1.165) is 32.4 Å². The molecule has 0 saturated carbocycles. The van der Waals surface area contributed by atoms with Crippen molar-refractivity contribution in [2.24, 2.45) is 11.1 Å². The van der Waals surface area contributed by atoms with Crippen molar-refractivity contribution in [1.82, 2.24) is 24.7 Å². The first-order valence-electron chi connectivity index (χ1n) is 14.7. The summed E-state index contributed by atoms with van der Waals surface area (Å²) in [6.07, 6.45) is 8.16. The second kappa shape index (κ2) is 12.8. The fraction of sp³-hybridized carbons (Fsp3) is 0.273. The first kappa shape index (κ1) is 32.2. The van der Waals surface area contributed by atoms with Crippen LogP contribution in [0.15, 0.2) is 77.0 Å². The standard InChI is InChI=1S/C33H31ClFN7O2S.ClH/c1-37-32(44)22-7-6-19(14-23(22)35)24-17-42-11-8-26(28(34)31(42)40-24)45-27-16-38-30(25(18-43)39-27)41-12-9-33(10-13-41)15-20-4-2-3-5-21(20)29(33)36;/h2-8,11,14,16-17,29,43H,9-10,12-13,15,18,36H2,1H3,(H,37,44);1H/t29-;/m1./s1. The fourth-order valence-corrected chi connectivity index (χ4v) is 7.73. The monoisotopic (exact) mass is 679 g/mol. The Labute approximate surface area is 280 Å². The maximum atomic E-state index is 14.6. The molecule has 238 valence electrons. The van der Waals surface area contributed by atoms with Gasteiger partial charge in [-0.2, -0.15) is 0 Å². The Morgan fingerprint density at radius 1 is 1.20 bits per heavy atom. The summed E-state index contributed by atoms with van der Waals surface area (Å²) >= 11 is 8.12. The number of imidazole rings is 1. The van der Waals surface area contributed by atoms with Gasteiger partial charge in [-0.25, -0.2) is 19.3 Å². The number of hydrogen-bond donors (Lipinski definition) is 3. The van der Waals surface area contributed by atoms with Crippen molar-refractivity contribution in [2.45, 2.75) is 41.8 Å². The first-order chi connectivity index (χ1) is 21.8. The summed E-state index contributed by atoms with van der Waals surface area (Å²) in [5.41, 5.74) is 11.4. The van der Waals surface area contributed by atoms with Gasteiger partial charge in [0.05, 0.1) is 29.1 Å². The highest BCUT2D eigenvalue weighted by Gasteiger charge is 2.46. The number of piperidine rings is 1. The van der Waals surface area contributed by atoms with E-state index < -0.39 is 11.7 Å². The van der Waals surface area contributed by atoms with Crippen LogP contribution in [0.1, 0.15) is 46.1 Å². The number of hydrogen-bond acceptors (Lipinski definition) is 8. The van der Waals surface area contributed by atoms with Crippen LogP contribution in [0, 0.1) is 11.2 Å². The number of benzene rings is 2. The molecule has 1 fully saturated rings. The van der Waals surface area contributed by atoms with Crippen LogP contribution >= 0.6 is 35.8 Å². The third-order valence-corrected chi connectivity index (χ3v) is 10.5. The Morgan fingerprint density at radius 3 is 2.70 bits per heavy atom. The lowest BCUT2D eigenvalue weighted by atomic mass is 9.73. The molecule has 46 heavy (non-hydrogen) atoms. The number of carbonyl (C=O) groups is 1.